The molecule has 0 radical (unpaired) electrons. The molecule has 3 rings (SSSR count). The number of aromatic carboxylic acids is 1. The molecule has 1 aliphatic heterocycles. The van der Waals surface area contributed by atoms with Crippen molar-refractivity contribution in [2.24, 2.45) is 0 Å². The first-order valence-electron chi connectivity index (χ1n) is 8.69. The van der Waals surface area contributed by atoms with E-state index in [1.165, 1.54) is 17.0 Å². The number of halogens is 2. The molecule has 0 unspecified atom stereocenters. The van der Waals surface area contributed by atoms with Crippen LogP contribution in [0.3, 0.4) is 0 Å². The summed E-state index contributed by atoms with van der Waals surface area (Å²) in [6.45, 7) is 1.03. The molecule has 1 N–H and O–H groups in total. The lowest BCUT2D eigenvalue weighted by molar-refractivity contribution is -0.131. The SMILES string of the molecule is O=C(O)c1cccc(CC(=O)N2CCN(C(=O)c3ccc(F)cc3F)CC2)c1. The number of rotatable bonds is 4. The van der Waals surface area contributed by atoms with E-state index in [0.29, 0.717) is 11.6 Å². The van der Waals surface area contributed by atoms with E-state index < -0.39 is 23.5 Å². The second kappa shape index (κ2) is 8.16. The third-order valence-corrected chi connectivity index (χ3v) is 4.61. The summed E-state index contributed by atoms with van der Waals surface area (Å²) in [5.74, 6) is -3.45. The number of carbonyl (C=O) groups excluding carboxylic acids is 2. The number of benzene rings is 2. The molecule has 0 aromatic heterocycles. The molecule has 0 bridgehead atoms. The number of nitrogens with zero attached hydrogens (tertiary/aromatic N) is 2. The highest BCUT2D eigenvalue weighted by atomic mass is 19.1. The van der Waals surface area contributed by atoms with Crippen LogP contribution in [0.25, 0.3) is 0 Å². The van der Waals surface area contributed by atoms with E-state index in [1.807, 2.05) is 0 Å². The topological polar surface area (TPSA) is 77.9 Å². The third-order valence-electron chi connectivity index (χ3n) is 4.61. The lowest BCUT2D eigenvalue weighted by Gasteiger charge is -2.35. The van der Waals surface area contributed by atoms with E-state index in [9.17, 15) is 23.2 Å². The van der Waals surface area contributed by atoms with Gasteiger partial charge in [-0.15, -0.1) is 0 Å². The predicted molar refractivity (Wildman–Crippen MR) is 95.9 cm³/mol. The highest BCUT2D eigenvalue weighted by molar-refractivity contribution is 5.94. The van der Waals surface area contributed by atoms with Gasteiger partial charge in [-0.3, -0.25) is 9.59 Å². The molecular formula is C20H18F2N2O4. The monoisotopic (exact) mass is 388 g/mol. The van der Waals surface area contributed by atoms with Gasteiger partial charge < -0.3 is 14.9 Å². The molecule has 6 nitrogen and oxygen atoms in total. The number of hydrogen-bond donors (Lipinski definition) is 1. The van der Waals surface area contributed by atoms with Crippen LogP contribution in [-0.2, 0) is 11.2 Å². The average molecular weight is 388 g/mol. The Morgan fingerprint density at radius 3 is 2.25 bits per heavy atom. The molecule has 146 valence electrons. The number of amides is 2. The van der Waals surface area contributed by atoms with Crippen LogP contribution in [0.15, 0.2) is 42.5 Å². The smallest absolute Gasteiger partial charge is 0.335 e. The highest BCUT2D eigenvalue weighted by Crippen LogP contribution is 2.15. The molecule has 28 heavy (non-hydrogen) atoms. The van der Waals surface area contributed by atoms with Crippen molar-refractivity contribution in [3.8, 4) is 0 Å². The summed E-state index contributed by atoms with van der Waals surface area (Å²) < 4.78 is 26.8. The van der Waals surface area contributed by atoms with Crippen LogP contribution in [0.4, 0.5) is 8.78 Å². The molecular weight excluding hydrogens is 370 g/mol. The minimum absolute atomic E-state index is 0.0572. The van der Waals surface area contributed by atoms with Crippen molar-refractivity contribution in [2.75, 3.05) is 26.2 Å². The zero-order valence-electron chi connectivity index (χ0n) is 14.9. The van der Waals surface area contributed by atoms with Crippen molar-refractivity contribution in [3.05, 3.63) is 70.8 Å². The second-order valence-corrected chi connectivity index (χ2v) is 6.48. The Kier molecular flexibility index (Phi) is 5.67. The summed E-state index contributed by atoms with van der Waals surface area (Å²) in [6.07, 6.45) is 0.0572. The molecule has 1 saturated heterocycles. The molecule has 0 spiro atoms. The maximum atomic E-state index is 13.8. The van der Waals surface area contributed by atoms with Crippen LogP contribution in [-0.4, -0.2) is 58.9 Å². The molecule has 2 amide bonds. The van der Waals surface area contributed by atoms with Crippen LogP contribution in [0, 0.1) is 11.6 Å². The van der Waals surface area contributed by atoms with Crippen LogP contribution in [0.1, 0.15) is 26.3 Å². The van der Waals surface area contributed by atoms with Crippen molar-refractivity contribution in [2.45, 2.75) is 6.42 Å². The van der Waals surface area contributed by atoms with Gasteiger partial charge >= 0.3 is 5.97 Å². The largest absolute Gasteiger partial charge is 0.478 e. The van der Waals surface area contributed by atoms with Gasteiger partial charge in [-0.1, -0.05) is 12.1 Å². The summed E-state index contributed by atoms with van der Waals surface area (Å²) in [7, 11) is 0. The maximum Gasteiger partial charge on any atom is 0.335 e. The first kappa shape index (κ1) is 19.5. The van der Waals surface area contributed by atoms with Gasteiger partial charge in [0.2, 0.25) is 5.91 Å². The summed E-state index contributed by atoms with van der Waals surface area (Å²) in [5, 5.41) is 9.02. The van der Waals surface area contributed by atoms with E-state index in [-0.39, 0.29) is 49.6 Å². The van der Waals surface area contributed by atoms with Gasteiger partial charge in [-0.2, -0.15) is 0 Å². The molecule has 1 fully saturated rings. The first-order chi connectivity index (χ1) is 13.3. The lowest BCUT2D eigenvalue weighted by Crippen LogP contribution is -2.51. The van der Waals surface area contributed by atoms with Gasteiger partial charge in [0.05, 0.1) is 17.5 Å². The Labute approximate surface area is 160 Å². The summed E-state index contributed by atoms with van der Waals surface area (Å²) >= 11 is 0. The number of carbonyl (C=O) groups is 3. The molecule has 2 aromatic carbocycles. The fourth-order valence-electron chi connectivity index (χ4n) is 3.09. The van der Waals surface area contributed by atoms with E-state index in [1.54, 1.807) is 17.0 Å². The third kappa shape index (κ3) is 4.33. The normalized spacial score (nSPS) is 14.1. The zero-order chi connectivity index (χ0) is 20.3. The van der Waals surface area contributed by atoms with Gasteiger partial charge in [0, 0.05) is 32.2 Å². The standard InChI is InChI=1S/C20H18F2N2O4/c21-15-4-5-16(17(22)12-15)19(26)24-8-6-23(7-9-24)18(25)11-13-2-1-3-14(10-13)20(27)28/h1-5,10,12H,6-9,11H2,(H,27,28). The Hall–Kier alpha value is -3.29. The average Bonchev–Trinajstić information content (AvgIpc) is 2.68. The molecule has 0 saturated carbocycles. The van der Waals surface area contributed by atoms with Crippen molar-refractivity contribution in [1.29, 1.82) is 0 Å². The number of carboxylic acid groups (broad SMARTS) is 1. The molecule has 0 atom stereocenters. The van der Waals surface area contributed by atoms with Gasteiger partial charge in [0.25, 0.3) is 5.91 Å². The predicted octanol–water partition coefficient (Wildman–Crippen LogP) is 2.19. The Bertz CT molecular complexity index is 924. The fraction of sp³-hybridized carbons (Fsp3) is 0.250. The molecule has 0 aliphatic carbocycles. The summed E-state index contributed by atoms with van der Waals surface area (Å²) in [6, 6.07) is 8.98. The minimum Gasteiger partial charge on any atom is -0.478 e. The van der Waals surface area contributed by atoms with Crippen LogP contribution < -0.4 is 0 Å². The molecule has 1 aliphatic rings. The van der Waals surface area contributed by atoms with Gasteiger partial charge in [-0.25, -0.2) is 13.6 Å². The Morgan fingerprint density at radius 2 is 1.61 bits per heavy atom. The maximum absolute atomic E-state index is 13.8. The van der Waals surface area contributed by atoms with E-state index in [4.69, 9.17) is 5.11 Å². The quantitative estimate of drug-likeness (QED) is 0.871. The van der Waals surface area contributed by atoms with Crippen LogP contribution >= 0.6 is 0 Å². The van der Waals surface area contributed by atoms with Gasteiger partial charge in [-0.05, 0) is 29.8 Å². The van der Waals surface area contributed by atoms with E-state index >= 15 is 0 Å². The van der Waals surface area contributed by atoms with E-state index in [2.05, 4.69) is 0 Å². The first-order valence-corrected chi connectivity index (χ1v) is 8.69. The lowest BCUT2D eigenvalue weighted by atomic mass is 10.1. The number of carboxylic acids is 1. The van der Waals surface area contributed by atoms with Crippen molar-refractivity contribution < 1.29 is 28.3 Å². The summed E-state index contributed by atoms with van der Waals surface area (Å²) in [4.78, 5) is 38.9. The van der Waals surface area contributed by atoms with Gasteiger partial charge in [0.1, 0.15) is 11.6 Å². The highest BCUT2D eigenvalue weighted by Gasteiger charge is 2.26. The van der Waals surface area contributed by atoms with Crippen molar-refractivity contribution in [3.63, 3.8) is 0 Å². The Morgan fingerprint density at radius 1 is 0.929 bits per heavy atom. The van der Waals surface area contributed by atoms with E-state index in [0.717, 1.165) is 12.1 Å². The molecule has 1 heterocycles. The minimum atomic E-state index is -1.06. The van der Waals surface area contributed by atoms with Crippen LogP contribution in [0.2, 0.25) is 0 Å². The zero-order valence-corrected chi connectivity index (χ0v) is 14.9. The van der Waals surface area contributed by atoms with Crippen LogP contribution in [0.5, 0.6) is 0 Å². The Balaban J connectivity index is 1.59. The van der Waals surface area contributed by atoms with Crippen molar-refractivity contribution in [1.82, 2.24) is 9.80 Å². The number of hydrogen-bond acceptors (Lipinski definition) is 3. The number of piperazine rings is 1. The summed E-state index contributed by atoms with van der Waals surface area (Å²) in [5.41, 5.74) is 0.505. The second-order valence-electron chi connectivity index (χ2n) is 6.48. The molecule has 2 aromatic rings. The fourth-order valence-corrected chi connectivity index (χ4v) is 3.09. The van der Waals surface area contributed by atoms with Crippen molar-refractivity contribution >= 4 is 17.8 Å². The van der Waals surface area contributed by atoms with Gasteiger partial charge in [0.15, 0.2) is 0 Å². The molecule has 8 heteroatoms.